The van der Waals surface area contributed by atoms with Gasteiger partial charge in [0, 0.05) is 57.2 Å². The lowest BCUT2D eigenvalue weighted by atomic mass is 10.2. The Bertz CT molecular complexity index is 1190. The summed E-state index contributed by atoms with van der Waals surface area (Å²) in [5.41, 5.74) is 1.43. The summed E-state index contributed by atoms with van der Waals surface area (Å²) in [5, 5.41) is 9.70. The third-order valence-corrected chi connectivity index (χ3v) is 5.67. The van der Waals surface area contributed by atoms with Gasteiger partial charge in [-0.15, -0.1) is 0 Å². The van der Waals surface area contributed by atoms with E-state index in [0.717, 1.165) is 18.9 Å². The van der Waals surface area contributed by atoms with Gasteiger partial charge in [-0.05, 0) is 43.3 Å². The molecule has 3 amide bonds. The molecule has 4 rings (SSSR count). The van der Waals surface area contributed by atoms with Gasteiger partial charge in [0.05, 0.1) is 12.3 Å². The SMILES string of the molecule is CCOC(=O)c1ccn(-c2cccc(NC(=O)NCCC(=O)N3CCN(c4ccccn4)CC3)c2)n1. The van der Waals surface area contributed by atoms with Crippen LogP contribution in [0, 0.1) is 0 Å². The summed E-state index contributed by atoms with van der Waals surface area (Å²) in [5.74, 6) is 0.433. The van der Waals surface area contributed by atoms with Crippen LogP contribution in [0.3, 0.4) is 0 Å². The highest BCUT2D eigenvalue weighted by molar-refractivity contribution is 5.90. The molecule has 11 heteroatoms. The summed E-state index contributed by atoms with van der Waals surface area (Å²) in [6, 6.07) is 14.0. The third kappa shape index (κ3) is 6.38. The molecule has 0 radical (unpaired) electrons. The zero-order valence-electron chi connectivity index (χ0n) is 20.1. The van der Waals surface area contributed by atoms with Crippen molar-refractivity contribution >= 4 is 29.4 Å². The van der Waals surface area contributed by atoms with Crippen LogP contribution in [-0.2, 0) is 9.53 Å². The van der Waals surface area contributed by atoms with Gasteiger partial charge in [0.25, 0.3) is 0 Å². The van der Waals surface area contributed by atoms with Crippen molar-refractivity contribution in [2.75, 3.05) is 49.5 Å². The summed E-state index contributed by atoms with van der Waals surface area (Å²) >= 11 is 0. The Hall–Kier alpha value is -4.41. The first-order chi connectivity index (χ1) is 17.5. The molecular formula is C25H29N7O4. The number of pyridine rings is 1. The van der Waals surface area contributed by atoms with Crippen molar-refractivity contribution in [1.82, 2.24) is 25.0 Å². The zero-order chi connectivity index (χ0) is 25.3. The van der Waals surface area contributed by atoms with Gasteiger partial charge in [0.2, 0.25) is 5.91 Å². The maximum absolute atomic E-state index is 12.6. The maximum Gasteiger partial charge on any atom is 0.358 e. The van der Waals surface area contributed by atoms with E-state index in [1.54, 1.807) is 49.6 Å². The number of rotatable bonds is 8. The van der Waals surface area contributed by atoms with Gasteiger partial charge in [-0.25, -0.2) is 19.3 Å². The lowest BCUT2D eigenvalue weighted by Crippen LogP contribution is -2.49. The van der Waals surface area contributed by atoms with Gasteiger partial charge < -0.3 is 25.2 Å². The summed E-state index contributed by atoms with van der Waals surface area (Å²) < 4.78 is 6.49. The van der Waals surface area contributed by atoms with E-state index in [-0.39, 0.29) is 31.2 Å². The number of aromatic nitrogens is 3. The fourth-order valence-corrected chi connectivity index (χ4v) is 3.85. The van der Waals surface area contributed by atoms with Crippen LogP contribution in [0.15, 0.2) is 60.9 Å². The summed E-state index contributed by atoms with van der Waals surface area (Å²) in [7, 11) is 0. The Balaban J connectivity index is 1.21. The molecule has 36 heavy (non-hydrogen) atoms. The van der Waals surface area contributed by atoms with Crippen molar-refractivity contribution in [3.8, 4) is 5.69 Å². The molecule has 3 aromatic rings. The minimum atomic E-state index is -0.491. The molecule has 1 aromatic carbocycles. The smallest absolute Gasteiger partial charge is 0.358 e. The van der Waals surface area contributed by atoms with Crippen LogP contribution < -0.4 is 15.5 Å². The minimum absolute atomic E-state index is 0.00838. The molecule has 1 aliphatic heterocycles. The Morgan fingerprint density at radius 3 is 2.61 bits per heavy atom. The van der Waals surface area contributed by atoms with Crippen molar-refractivity contribution < 1.29 is 19.1 Å². The van der Waals surface area contributed by atoms with Crippen LogP contribution >= 0.6 is 0 Å². The van der Waals surface area contributed by atoms with Gasteiger partial charge in [0.1, 0.15) is 5.82 Å². The first-order valence-corrected chi connectivity index (χ1v) is 11.9. The van der Waals surface area contributed by atoms with E-state index in [2.05, 4.69) is 25.6 Å². The zero-order valence-corrected chi connectivity index (χ0v) is 20.1. The number of benzene rings is 1. The van der Waals surface area contributed by atoms with E-state index in [0.29, 0.717) is 24.5 Å². The van der Waals surface area contributed by atoms with Crippen LogP contribution in [0.1, 0.15) is 23.8 Å². The van der Waals surface area contributed by atoms with Crippen LogP contribution in [0.2, 0.25) is 0 Å². The number of urea groups is 1. The summed E-state index contributed by atoms with van der Waals surface area (Å²) in [4.78, 5) is 45.1. The monoisotopic (exact) mass is 491 g/mol. The van der Waals surface area contributed by atoms with Crippen LogP contribution in [0.4, 0.5) is 16.3 Å². The normalized spacial score (nSPS) is 13.2. The quantitative estimate of drug-likeness (QED) is 0.464. The molecule has 0 atom stereocenters. The number of piperazine rings is 1. The van der Waals surface area contributed by atoms with E-state index < -0.39 is 12.0 Å². The first-order valence-electron chi connectivity index (χ1n) is 11.9. The second-order valence-corrected chi connectivity index (χ2v) is 8.10. The van der Waals surface area contributed by atoms with Crippen LogP contribution in [-0.4, -0.2) is 76.9 Å². The molecule has 0 unspecified atom stereocenters. The number of esters is 1. The number of nitrogens with zero attached hydrogens (tertiary/aromatic N) is 5. The predicted octanol–water partition coefficient (Wildman–Crippen LogP) is 2.30. The van der Waals surface area contributed by atoms with Crippen molar-refractivity contribution in [1.29, 1.82) is 0 Å². The maximum atomic E-state index is 12.6. The van der Waals surface area contributed by atoms with Crippen molar-refractivity contribution in [3.63, 3.8) is 0 Å². The number of anilines is 2. The number of hydrogen-bond donors (Lipinski definition) is 2. The lowest BCUT2D eigenvalue weighted by Gasteiger charge is -2.35. The molecular weight excluding hydrogens is 462 g/mol. The molecule has 11 nitrogen and oxygen atoms in total. The molecule has 1 fully saturated rings. The fraction of sp³-hybridized carbons (Fsp3) is 0.320. The Labute approximate surface area is 209 Å². The van der Waals surface area contributed by atoms with E-state index >= 15 is 0 Å². The molecule has 0 bridgehead atoms. The molecule has 1 aliphatic rings. The average molecular weight is 492 g/mol. The van der Waals surface area contributed by atoms with Gasteiger partial charge in [-0.3, -0.25) is 4.79 Å². The molecule has 0 spiro atoms. The molecule has 0 saturated carbocycles. The molecule has 1 saturated heterocycles. The highest BCUT2D eigenvalue weighted by Crippen LogP contribution is 2.15. The van der Waals surface area contributed by atoms with E-state index in [1.807, 2.05) is 23.1 Å². The van der Waals surface area contributed by atoms with Crippen molar-refractivity contribution in [2.45, 2.75) is 13.3 Å². The van der Waals surface area contributed by atoms with Gasteiger partial charge in [-0.2, -0.15) is 5.10 Å². The van der Waals surface area contributed by atoms with Crippen LogP contribution in [0.25, 0.3) is 5.69 Å². The number of ether oxygens (including phenoxy) is 1. The lowest BCUT2D eigenvalue weighted by molar-refractivity contribution is -0.131. The van der Waals surface area contributed by atoms with E-state index in [9.17, 15) is 14.4 Å². The van der Waals surface area contributed by atoms with Gasteiger partial charge in [0.15, 0.2) is 5.69 Å². The second kappa shape index (κ2) is 11.8. The van der Waals surface area contributed by atoms with Crippen LogP contribution in [0.5, 0.6) is 0 Å². The molecule has 2 N–H and O–H groups in total. The number of carbonyl (C=O) groups is 3. The highest BCUT2D eigenvalue weighted by atomic mass is 16.5. The number of carbonyl (C=O) groups excluding carboxylic acids is 3. The average Bonchev–Trinajstić information content (AvgIpc) is 3.40. The standard InChI is InChI=1S/C25H29N7O4/c1-2-36-24(34)21-10-13-32(29-21)20-7-5-6-19(18-20)28-25(35)27-12-9-23(33)31-16-14-30(15-17-31)22-8-3-4-11-26-22/h3-8,10-11,13,18H,2,9,12,14-17H2,1H3,(H2,27,28,35). The molecule has 2 aromatic heterocycles. The van der Waals surface area contributed by atoms with E-state index in [4.69, 9.17) is 4.74 Å². The van der Waals surface area contributed by atoms with Crippen molar-refractivity contribution in [2.24, 2.45) is 0 Å². The number of hydrogen-bond acceptors (Lipinski definition) is 7. The van der Waals surface area contributed by atoms with E-state index in [1.165, 1.54) is 4.68 Å². The first kappa shape index (κ1) is 24.7. The Morgan fingerprint density at radius 2 is 1.86 bits per heavy atom. The fourth-order valence-electron chi connectivity index (χ4n) is 3.85. The van der Waals surface area contributed by atoms with Gasteiger partial charge >= 0.3 is 12.0 Å². The summed E-state index contributed by atoms with van der Waals surface area (Å²) in [6.07, 6.45) is 3.63. The summed E-state index contributed by atoms with van der Waals surface area (Å²) in [6.45, 7) is 4.94. The molecule has 188 valence electrons. The van der Waals surface area contributed by atoms with Crippen molar-refractivity contribution in [3.05, 3.63) is 66.6 Å². The number of amides is 3. The molecule has 3 heterocycles. The topological polar surface area (TPSA) is 122 Å². The largest absolute Gasteiger partial charge is 0.461 e. The Kier molecular flexibility index (Phi) is 8.12. The second-order valence-electron chi connectivity index (χ2n) is 8.10. The molecule has 0 aliphatic carbocycles. The highest BCUT2D eigenvalue weighted by Gasteiger charge is 2.21. The Morgan fingerprint density at radius 1 is 1.03 bits per heavy atom. The predicted molar refractivity (Wildman–Crippen MR) is 134 cm³/mol. The third-order valence-electron chi connectivity index (χ3n) is 5.67. The van der Waals surface area contributed by atoms with Gasteiger partial charge in [-0.1, -0.05) is 12.1 Å². The number of nitrogens with one attached hydrogen (secondary N) is 2. The minimum Gasteiger partial charge on any atom is -0.461 e.